The molecule has 3 heterocycles. The zero-order chi connectivity index (χ0) is 17.2. The van der Waals surface area contributed by atoms with E-state index in [-0.39, 0.29) is 0 Å². The van der Waals surface area contributed by atoms with Gasteiger partial charge >= 0.3 is 0 Å². The van der Waals surface area contributed by atoms with Gasteiger partial charge in [0.1, 0.15) is 0 Å². The Morgan fingerprint density at radius 1 is 1.20 bits per heavy atom. The van der Waals surface area contributed by atoms with E-state index in [1.807, 2.05) is 23.6 Å². The molecular weight excluding hydrogens is 328 g/mol. The molecule has 2 aromatic heterocycles. The molecule has 4 heteroatoms. The summed E-state index contributed by atoms with van der Waals surface area (Å²) in [7, 11) is 1.81. The Balaban J connectivity index is 1.62. The van der Waals surface area contributed by atoms with Crippen molar-refractivity contribution in [2.24, 2.45) is 0 Å². The molecule has 25 heavy (non-hydrogen) atoms. The highest BCUT2D eigenvalue weighted by Gasteiger charge is 2.27. The van der Waals surface area contributed by atoms with Gasteiger partial charge in [0.25, 0.3) is 0 Å². The SMILES string of the molecule is COC1CN(CCc2sc3ccccc3c2C(C)c2ccccn2)C1. The molecule has 0 bridgehead atoms. The van der Waals surface area contributed by atoms with Crippen LogP contribution in [0.2, 0.25) is 0 Å². The number of nitrogens with zero attached hydrogens (tertiary/aromatic N) is 2. The lowest BCUT2D eigenvalue weighted by atomic mass is 9.93. The lowest BCUT2D eigenvalue weighted by Gasteiger charge is -2.38. The average molecular weight is 353 g/mol. The Bertz CT molecular complexity index is 839. The van der Waals surface area contributed by atoms with E-state index in [0.29, 0.717) is 12.0 Å². The van der Waals surface area contributed by atoms with Crippen molar-refractivity contribution in [3.63, 3.8) is 0 Å². The molecule has 1 saturated heterocycles. The fraction of sp³-hybridized carbons (Fsp3) is 0.381. The van der Waals surface area contributed by atoms with Crippen LogP contribution in [0.15, 0.2) is 48.7 Å². The summed E-state index contributed by atoms with van der Waals surface area (Å²) in [6, 6.07) is 15.0. The van der Waals surface area contributed by atoms with E-state index in [1.165, 1.54) is 20.5 Å². The van der Waals surface area contributed by atoms with E-state index in [1.54, 1.807) is 7.11 Å². The van der Waals surface area contributed by atoms with Crippen molar-refractivity contribution in [3.05, 3.63) is 64.8 Å². The first-order chi connectivity index (χ1) is 12.3. The molecule has 1 atom stereocenters. The summed E-state index contributed by atoms with van der Waals surface area (Å²) in [5, 5.41) is 1.39. The quantitative estimate of drug-likeness (QED) is 0.660. The van der Waals surface area contributed by atoms with Crippen molar-refractivity contribution in [2.75, 3.05) is 26.7 Å². The third-order valence-electron chi connectivity index (χ3n) is 5.19. The van der Waals surface area contributed by atoms with Crippen molar-refractivity contribution in [1.29, 1.82) is 0 Å². The van der Waals surface area contributed by atoms with Crippen LogP contribution in [0.4, 0.5) is 0 Å². The summed E-state index contributed by atoms with van der Waals surface area (Å²) < 4.78 is 6.77. The highest BCUT2D eigenvalue weighted by Crippen LogP contribution is 2.38. The van der Waals surface area contributed by atoms with E-state index in [0.717, 1.165) is 31.7 Å². The maximum atomic E-state index is 5.39. The summed E-state index contributed by atoms with van der Waals surface area (Å²) in [4.78, 5) is 8.58. The first kappa shape index (κ1) is 16.7. The second-order valence-corrected chi connectivity index (χ2v) is 7.92. The normalized spacial score (nSPS) is 16.9. The van der Waals surface area contributed by atoms with Crippen molar-refractivity contribution in [3.8, 4) is 0 Å². The molecule has 4 rings (SSSR count). The molecule has 1 fully saturated rings. The van der Waals surface area contributed by atoms with Gasteiger partial charge in [-0.05, 0) is 35.6 Å². The molecular formula is C21H24N2OS. The minimum absolute atomic E-state index is 0.315. The van der Waals surface area contributed by atoms with Gasteiger partial charge in [0.2, 0.25) is 0 Å². The Hall–Kier alpha value is -1.75. The molecule has 1 aliphatic rings. The molecule has 3 aromatic rings. The van der Waals surface area contributed by atoms with Gasteiger partial charge in [-0.2, -0.15) is 0 Å². The van der Waals surface area contributed by atoms with E-state index in [4.69, 9.17) is 4.74 Å². The molecule has 0 aliphatic carbocycles. The zero-order valence-corrected chi connectivity index (χ0v) is 15.6. The summed E-state index contributed by atoms with van der Waals surface area (Å²) in [5.41, 5.74) is 2.61. The first-order valence-corrected chi connectivity index (χ1v) is 9.74. The maximum Gasteiger partial charge on any atom is 0.0824 e. The van der Waals surface area contributed by atoms with Crippen LogP contribution in [0.25, 0.3) is 10.1 Å². The molecule has 1 unspecified atom stereocenters. The third-order valence-corrected chi connectivity index (χ3v) is 6.43. The average Bonchev–Trinajstić information content (AvgIpc) is 2.99. The summed E-state index contributed by atoms with van der Waals surface area (Å²) >= 11 is 1.94. The molecule has 130 valence electrons. The second kappa shape index (κ2) is 7.24. The number of benzene rings is 1. The number of methoxy groups -OCH3 is 1. The molecule has 0 saturated carbocycles. The first-order valence-electron chi connectivity index (χ1n) is 8.92. The lowest BCUT2D eigenvalue weighted by molar-refractivity contribution is -0.0284. The maximum absolute atomic E-state index is 5.39. The predicted molar refractivity (Wildman–Crippen MR) is 105 cm³/mol. The summed E-state index contributed by atoms with van der Waals surface area (Å²) in [6.07, 6.45) is 3.42. The monoisotopic (exact) mass is 352 g/mol. The van der Waals surface area contributed by atoms with Gasteiger partial charge < -0.3 is 4.74 Å². The number of likely N-dealkylation sites (tertiary alicyclic amines) is 1. The molecule has 0 radical (unpaired) electrons. The number of aromatic nitrogens is 1. The van der Waals surface area contributed by atoms with Gasteiger partial charge in [0.05, 0.1) is 6.10 Å². The zero-order valence-electron chi connectivity index (χ0n) is 14.8. The van der Waals surface area contributed by atoms with Crippen LogP contribution in [0, 0.1) is 0 Å². The smallest absolute Gasteiger partial charge is 0.0824 e. The van der Waals surface area contributed by atoms with E-state index in [9.17, 15) is 0 Å². The number of ether oxygens (including phenoxy) is 1. The Morgan fingerprint density at radius 3 is 2.76 bits per heavy atom. The van der Waals surface area contributed by atoms with Crippen molar-refractivity contribution >= 4 is 21.4 Å². The number of hydrogen-bond acceptors (Lipinski definition) is 4. The van der Waals surface area contributed by atoms with Gasteiger partial charge in [-0.25, -0.2) is 0 Å². The molecule has 0 amide bonds. The van der Waals surface area contributed by atoms with Gasteiger partial charge in [0, 0.05) is 54.1 Å². The Kier molecular flexibility index (Phi) is 4.84. The largest absolute Gasteiger partial charge is 0.379 e. The van der Waals surface area contributed by atoms with Gasteiger partial charge in [-0.1, -0.05) is 31.2 Å². The number of thiophene rings is 1. The molecule has 3 nitrogen and oxygen atoms in total. The summed E-state index contributed by atoms with van der Waals surface area (Å²) in [5.74, 6) is 0.315. The van der Waals surface area contributed by atoms with Crippen LogP contribution in [-0.4, -0.2) is 42.7 Å². The lowest BCUT2D eigenvalue weighted by Crippen LogP contribution is -2.52. The van der Waals surface area contributed by atoms with Crippen LogP contribution in [0.3, 0.4) is 0 Å². The number of hydrogen-bond donors (Lipinski definition) is 0. The van der Waals surface area contributed by atoms with E-state index < -0.39 is 0 Å². The molecule has 0 N–H and O–H groups in total. The van der Waals surface area contributed by atoms with Crippen LogP contribution in [0.5, 0.6) is 0 Å². The number of rotatable bonds is 6. The fourth-order valence-corrected chi connectivity index (χ4v) is 4.96. The minimum atomic E-state index is 0.315. The van der Waals surface area contributed by atoms with E-state index >= 15 is 0 Å². The topological polar surface area (TPSA) is 25.4 Å². The molecule has 0 spiro atoms. The predicted octanol–water partition coefficient (Wildman–Crippen LogP) is 4.32. The second-order valence-electron chi connectivity index (χ2n) is 6.78. The Labute approximate surface area is 153 Å². The summed E-state index contributed by atoms with van der Waals surface area (Å²) in [6.45, 7) is 5.51. The number of fused-ring (bicyclic) bond motifs is 1. The fourth-order valence-electron chi connectivity index (χ4n) is 3.67. The molecule has 1 aromatic carbocycles. The van der Waals surface area contributed by atoms with Crippen molar-refractivity contribution in [2.45, 2.75) is 25.4 Å². The molecule has 1 aliphatic heterocycles. The van der Waals surface area contributed by atoms with Crippen LogP contribution in [-0.2, 0) is 11.2 Å². The van der Waals surface area contributed by atoms with Crippen LogP contribution < -0.4 is 0 Å². The van der Waals surface area contributed by atoms with Crippen molar-refractivity contribution in [1.82, 2.24) is 9.88 Å². The standard InChI is InChI=1S/C21H24N2OS/c1-15(18-8-5-6-11-22-18)21-17-7-3-4-9-19(17)25-20(21)10-12-23-13-16(14-23)24-2/h3-9,11,15-16H,10,12-14H2,1-2H3. The minimum Gasteiger partial charge on any atom is -0.379 e. The third kappa shape index (κ3) is 3.34. The van der Waals surface area contributed by atoms with Gasteiger partial charge in [0.15, 0.2) is 0 Å². The highest BCUT2D eigenvalue weighted by atomic mass is 32.1. The Morgan fingerprint density at radius 2 is 2.00 bits per heavy atom. The van der Waals surface area contributed by atoms with Gasteiger partial charge in [-0.15, -0.1) is 11.3 Å². The van der Waals surface area contributed by atoms with Gasteiger partial charge in [-0.3, -0.25) is 9.88 Å². The van der Waals surface area contributed by atoms with Crippen LogP contribution in [0.1, 0.15) is 29.0 Å². The number of pyridine rings is 1. The highest BCUT2D eigenvalue weighted by molar-refractivity contribution is 7.19. The van der Waals surface area contributed by atoms with Crippen molar-refractivity contribution < 1.29 is 4.74 Å². The van der Waals surface area contributed by atoms with E-state index in [2.05, 4.69) is 53.2 Å². The van der Waals surface area contributed by atoms with Crippen LogP contribution >= 0.6 is 11.3 Å².